The first-order valence-electron chi connectivity index (χ1n) is 9.62. The lowest BCUT2D eigenvalue weighted by atomic mass is 9.90. The van der Waals surface area contributed by atoms with Crippen molar-refractivity contribution in [2.24, 2.45) is 5.16 Å². The van der Waals surface area contributed by atoms with Crippen LogP contribution in [0.15, 0.2) is 27.9 Å². The fourth-order valence-electron chi connectivity index (χ4n) is 3.39. The van der Waals surface area contributed by atoms with Crippen molar-refractivity contribution in [1.29, 1.82) is 0 Å². The molecule has 6 nitrogen and oxygen atoms in total. The molecule has 0 aliphatic rings. The lowest BCUT2D eigenvalue weighted by molar-refractivity contribution is 0.167. The monoisotopic (exact) mass is 459 g/mol. The maximum absolute atomic E-state index is 12.4. The number of nitrogens with one attached hydrogen (secondary N) is 1. The van der Waals surface area contributed by atoms with Crippen LogP contribution in [-0.4, -0.2) is 17.5 Å². The molecule has 0 unspecified atom stereocenters. The number of hydrogen-bond acceptors (Lipinski definition) is 5. The van der Waals surface area contributed by atoms with Crippen LogP contribution in [0, 0.1) is 41.5 Å². The van der Waals surface area contributed by atoms with E-state index in [4.69, 9.17) is 32.6 Å². The Labute approximate surface area is 191 Å². The van der Waals surface area contributed by atoms with Gasteiger partial charge in [-0.2, -0.15) is 0 Å². The maximum Gasteiger partial charge on any atom is 0.438 e. The van der Waals surface area contributed by atoms with Gasteiger partial charge in [0.15, 0.2) is 5.76 Å². The molecule has 8 heteroatoms. The van der Waals surface area contributed by atoms with Crippen LogP contribution in [0.25, 0.3) is 11.3 Å². The standard InChI is InChI=1S/C23H23Cl2N3O3/c1-11-12(2)14(4)17(15(5)13(11)3)10-26-31-23(29)27-21-16(6)30-28-22(21)20-18(24)8-7-9-19(20)25/h7-10H,1-6H3,(H,27,29)/b26-10+. The molecule has 0 radical (unpaired) electrons. The summed E-state index contributed by atoms with van der Waals surface area (Å²) in [5.74, 6) is 0.378. The van der Waals surface area contributed by atoms with Crippen molar-refractivity contribution in [3.63, 3.8) is 0 Å². The van der Waals surface area contributed by atoms with E-state index in [0.29, 0.717) is 32.8 Å². The number of benzene rings is 2. The summed E-state index contributed by atoms with van der Waals surface area (Å²) in [4.78, 5) is 17.4. The number of aryl methyl sites for hydroxylation is 1. The van der Waals surface area contributed by atoms with Gasteiger partial charge in [-0.25, -0.2) is 4.79 Å². The molecule has 0 saturated heterocycles. The van der Waals surface area contributed by atoms with Gasteiger partial charge in [-0.05, 0) is 81.5 Å². The van der Waals surface area contributed by atoms with Crippen LogP contribution >= 0.6 is 23.2 Å². The van der Waals surface area contributed by atoms with Crippen LogP contribution in [0.4, 0.5) is 10.5 Å². The average molecular weight is 460 g/mol. The van der Waals surface area contributed by atoms with Gasteiger partial charge in [-0.3, -0.25) is 10.2 Å². The summed E-state index contributed by atoms with van der Waals surface area (Å²) >= 11 is 12.5. The summed E-state index contributed by atoms with van der Waals surface area (Å²) in [6, 6.07) is 5.07. The summed E-state index contributed by atoms with van der Waals surface area (Å²) in [5.41, 5.74) is 7.83. The summed E-state index contributed by atoms with van der Waals surface area (Å²) in [7, 11) is 0. The zero-order valence-corrected chi connectivity index (χ0v) is 19.7. The van der Waals surface area contributed by atoms with E-state index >= 15 is 0 Å². The van der Waals surface area contributed by atoms with Crippen molar-refractivity contribution in [3.05, 3.63) is 67.4 Å². The molecule has 3 rings (SSSR count). The van der Waals surface area contributed by atoms with E-state index in [1.165, 1.54) is 16.7 Å². The topological polar surface area (TPSA) is 76.7 Å². The maximum atomic E-state index is 12.4. The molecule has 0 spiro atoms. The van der Waals surface area contributed by atoms with Gasteiger partial charge in [-0.15, -0.1) is 0 Å². The van der Waals surface area contributed by atoms with Crippen molar-refractivity contribution in [2.75, 3.05) is 5.32 Å². The predicted octanol–water partition coefficient (Wildman–Crippen LogP) is 7.08. The Bertz CT molecular complexity index is 1150. The lowest BCUT2D eigenvalue weighted by Gasteiger charge is -2.15. The van der Waals surface area contributed by atoms with Gasteiger partial charge in [-0.1, -0.05) is 39.6 Å². The number of hydrogen-bond donors (Lipinski definition) is 1. The van der Waals surface area contributed by atoms with E-state index in [9.17, 15) is 4.79 Å². The van der Waals surface area contributed by atoms with Crippen molar-refractivity contribution >= 4 is 41.2 Å². The number of nitrogens with zero attached hydrogens (tertiary/aromatic N) is 2. The Morgan fingerprint density at radius 1 is 1.00 bits per heavy atom. The van der Waals surface area contributed by atoms with Crippen LogP contribution in [-0.2, 0) is 4.84 Å². The highest BCUT2D eigenvalue weighted by Gasteiger charge is 2.22. The molecule has 1 aromatic heterocycles. The third kappa shape index (κ3) is 4.45. The number of aromatic nitrogens is 1. The lowest BCUT2D eigenvalue weighted by Crippen LogP contribution is -2.12. The third-order valence-corrected chi connectivity index (χ3v) is 6.29. The Balaban J connectivity index is 1.82. The minimum Gasteiger partial charge on any atom is -0.359 e. The van der Waals surface area contributed by atoms with E-state index in [-0.39, 0.29) is 0 Å². The summed E-state index contributed by atoms with van der Waals surface area (Å²) < 4.78 is 5.23. The first kappa shape index (κ1) is 22.8. The van der Waals surface area contributed by atoms with Crippen molar-refractivity contribution in [2.45, 2.75) is 41.5 Å². The number of anilines is 1. The first-order chi connectivity index (χ1) is 14.6. The molecular weight excluding hydrogens is 437 g/mol. The second-order valence-corrected chi connectivity index (χ2v) is 8.15. The number of amides is 1. The number of halogens is 2. The molecule has 1 amide bonds. The van der Waals surface area contributed by atoms with Gasteiger partial charge in [0.2, 0.25) is 0 Å². The molecule has 0 aliphatic carbocycles. The molecule has 162 valence electrons. The number of carbonyl (C=O) groups excluding carboxylic acids is 1. The molecule has 2 aromatic carbocycles. The Kier molecular flexibility index (Phi) is 6.72. The van der Waals surface area contributed by atoms with E-state index < -0.39 is 6.09 Å². The SMILES string of the molecule is Cc1onc(-c2c(Cl)cccc2Cl)c1NC(=O)O/N=C/c1c(C)c(C)c(C)c(C)c1C. The second-order valence-electron chi connectivity index (χ2n) is 7.34. The van der Waals surface area contributed by atoms with Gasteiger partial charge in [0.25, 0.3) is 0 Å². The van der Waals surface area contributed by atoms with Crippen molar-refractivity contribution in [1.82, 2.24) is 5.16 Å². The minimum absolute atomic E-state index is 0.310. The van der Waals surface area contributed by atoms with Crippen LogP contribution in [0.3, 0.4) is 0 Å². The number of oxime groups is 1. The minimum atomic E-state index is -0.789. The van der Waals surface area contributed by atoms with Gasteiger partial charge in [0.1, 0.15) is 11.4 Å². The van der Waals surface area contributed by atoms with Crippen LogP contribution in [0.5, 0.6) is 0 Å². The highest BCUT2D eigenvalue weighted by Crippen LogP contribution is 2.39. The van der Waals surface area contributed by atoms with Crippen molar-refractivity contribution < 1.29 is 14.2 Å². The average Bonchev–Trinajstić information content (AvgIpc) is 3.07. The molecule has 0 fully saturated rings. The van der Waals surface area contributed by atoms with E-state index in [2.05, 4.69) is 36.4 Å². The highest BCUT2D eigenvalue weighted by molar-refractivity contribution is 6.39. The fraction of sp³-hybridized carbons (Fsp3) is 0.261. The van der Waals surface area contributed by atoms with Gasteiger partial charge in [0, 0.05) is 11.1 Å². The number of carbonyl (C=O) groups is 1. The predicted molar refractivity (Wildman–Crippen MR) is 125 cm³/mol. The summed E-state index contributed by atoms with van der Waals surface area (Å²) in [6.07, 6.45) is 0.763. The van der Waals surface area contributed by atoms with Gasteiger partial charge < -0.3 is 4.52 Å². The second kappa shape index (κ2) is 9.12. The Morgan fingerprint density at radius 2 is 1.55 bits per heavy atom. The van der Waals surface area contributed by atoms with Crippen LogP contribution in [0.2, 0.25) is 10.0 Å². The highest BCUT2D eigenvalue weighted by atomic mass is 35.5. The molecular formula is C23H23Cl2N3O3. The third-order valence-electron chi connectivity index (χ3n) is 5.66. The molecule has 0 saturated carbocycles. The largest absolute Gasteiger partial charge is 0.438 e. The van der Waals surface area contributed by atoms with Crippen LogP contribution in [0.1, 0.15) is 39.1 Å². The fourth-order valence-corrected chi connectivity index (χ4v) is 3.96. The zero-order valence-electron chi connectivity index (χ0n) is 18.2. The zero-order chi connectivity index (χ0) is 22.9. The van der Waals surface area contributed by atoms with Gasteiger partial charge in [0.05, 0.1) is 16.3 Å². The molecule has 1 heterocycles. The van der Waals surface area contributed by atoms with Crippen LogP contribution < -0.4 is 5.32 Å². The van der Waals surface area contributed by atoms with E-state index in [1.54, 1.807) is 31.3 Å². The molecule has 3 aromatic rings. The smallest absolute Gasteiger partial charge is 0.359 e. The quantitative estimate of drug-likeness (QED) is 0.256. The summed E-state index contributed by atoms with van der Waals surface area (Å²) in [6.45, 7) is 11.9. The molecule has 1 N–H and O–H groups in total. The Morgan fingerprint density at radius 3 is 2.13 bits per heavy atom. The van der Waals surface area contributed by atoms with Gasteiger partial charge >= 0.3 is 6.09 Å². The van der Waals surface area contributed by atoms with E-state index in [0.717, 1.165) is 16.7 Å². The Hall–Kier alpha value is -2.83. The first-order valence-corrected chi connectivity index (χ1v) is 10.4. The molecule has 0 atom stereocenters. The molecule has 0 aliphatic heterocycles. The normalized spacial score (nSPS) is 11.2. The summed E-state index contributed by atoms with van der Waals surface area (Å²) in [5, 5.41) is 11.2. The van der Waals surface area contributed by atoms with E-state index in [1.807, 2.05) is 13.8 Å². The molecule has 0 bridgehead atoms. The molecule has 31 heavy (non-hydrogen) atoms. The number of rotatable bonds is 4. The van der Waals surface area contributed by atoms with Crippen molar-refractivity contribution in [3.8, 4) is 11.3 Å².